The SMILES string of the molecule is CCNC(=NCCCN1CCCC1=O)NCCCCC1CCCC1.I. The highest BCUT2D eigenvalue weighted by molar-refractivity contribution is 14.0. The first-order chi connectivity index (χ1) is 11.8. The van der Waals surface area contributed by atoms with Crippen molar-refractivity contribution in [2.45, 2.75) is 71.1 Å². The van der Waals surface area contributed by atoms with Gasteiger partial charge in [-0.15, -0.1) is 24.0 Å². The summed E-state index contributed by atoms with van der Waals surface area (Å²) in [5.74, 6) is 2.23. The fourth-order valence-electron chi connectivity index (χ4n) is 3.80. The first-order valence-electron chi connectivity index (χ1n) is 10.1. The fraction of sp³-hybridized carbons (Fsp3) is 0.895. The molecule has 0 spiro atoms. The predicted molar refractivity (Wildman–Crippen MR) is 116 cm³/mol. The van der Waals surface area contributed by atoms with Crippen LogP contribution in [0.25, 0.3) is 0 Å². The van der Waals surface area contributed by atoms with Crippen LogP contribution in [0.1, 0.15) is 71.1 Å². The summed E-state index contributed by atoms with van der Waals surface area (Å²) in [5, 5.41) is 6.75. The summed E-state index contributed by atoms with van der Waals surface area (Å²) in [6.45, 7) is 6.55. The first-order valence-corrected chi connectivity index (χ1v) is 10.1. The van der Waals surface area contributed by atoms with Crippen LogP contribution in [0.3, 0.4) is 0 Å². The molecular weight excluding hydrogens is 427 g/mol. The standard InChI is InChI=1S/C19H36N4O.HI/c1-2-20-19(21-13-6-5-11-17-9-3-4-10-17)22-14-8-16-23-15-7-12-18(23)24;/h17H,2-16H2,1H3,(H2,20,21,22);1H. The molecule has 0 unspecified atom stereocenters. The third-order valence-corrected chi connectivity index (χ3v) is 5.18. The van der Waals surface area contributed by atoms with Gasteiger partial charge in [0.15, 0.2) is 5.96 Å². The van der Waals surface area contributed by atoms with Crippen LogP contribution in [0.4, 0.5) is 0 Å². The fourth-order valence-corrected chi connectivity index (χ4v) is 3.80. The van der Waals surface area contributed by atoms with Gasteiger partial charge in [-0.3, -0.25) is 9.79 Å². The minimum atomic E-state index is 0. The molecule has 1 saturated heterocycles. The molecular formula is C19H37IN4O. The molecule has 2 rings (SSSR count). The van der Waals surface area contributed by atoms with Crippen LogP contribution in [0.5, 0.6) is 0 Å². The molecule has 0 bridgehead atoms. The second kappa shape index (κ2) is 13.6. The van der Waals surface area contributed by atoms with Crippen LogP contribution in [-0.2, 0) is 4.79 Å². The molecule has 1 heterocycles. The van der Waals surface area contributed by atoms with Crippen LogP contribution in [0.15, 0.2) is 4.99 Å². The van der Waals surface area contributed by atoms with E-state index < -0.39 is 0 Å². The number of guanidine groups is 1. The summed E-state index contributed by atoms with van der Waals surface area (Å²) in [6.07, 6.45) is 12.5. The number of nitrogens with zero attached hydrogens (tertiary/aromatic N) is 2. The monoisotopic (exact) mass is 464 g/mol. The lowest BCUT2D eigenvalue weighted by Gasteiger charge is -2.15. The molecule has 0 aromatic carbocycles. The van der Waals surface area contributed by atoms with Gasteiger partial charge in [0.1, 0.15) is 0 Å². The summed E-state index contributed by atoms with van der Waals surface area (Å²) in [5.41, 5.74) is 0. The Morgan fingerprint density at radius 1 is 1.16 bits per heavy atom. The Morgan fingerprint density at radius 2 is 1.96 bits per heavy atom. The van der Waals surface area contributed by atoms with Crippen molar-refractivity contribution in [1.82, 2.24) is 15.5 Å². The number of aliphatic imine (C=N–C) groups is 1. The zero-order chi connectivity index (χ0) is 17.0. The third kappa shape index (κ3) is 9.11. The van der Waals surface area contributed by atoms with E-state index in [4.69, 9.17) is 0 Å². The zero-order valence-corrected chi connectivity index (χ0v) is 18.2. The normalized spacial score (nSPS) is 18.5. The van der Waals surface area contributed by atoms with E-state index in [1.54, 1.807) is 0 Å². The van der Waals surface area contributed by atoms with Gasteiger partial charge in [0, 0.05) is 39.1 Å². The molecule has 1 aliphatic heterocycles. The lowest BCUT2D eigenvalue weighted by atomic mass is 10.0. The molecule has 2 N–H and O–H groups in total. The average Bonchev–Trinajstić information content (AvgIpc) is 3.23. The Labute approximate surface area is 170 Å². The lowest BCUT2D eigenvalue weighted by Crippen LogP contribution is -2.38. The van der Waals surface area contributed by atoms with E-state index in [2.05, 4.69) is 22.5 Å². The molecule has 0 aromatic heterocycles. The molecule has 1 saturated carbocycles. The Kier molecular flexibility index (Phi) is 12.3. The summed E-state index contributed by atoms with van der Waals surface area (Å²) in [6, 6.07) is 0. The summed E-state index contributed by atoms with van der Waals surface area (Å²) < 4.78 is 0. The second-order valence-electron chi connectivity index (χ2n) is 7.17. The molecule has 6 heteroatoms. The summed E-state index contributed by atoms with van der Waals surface area (Å²) in [4.78, 5) is 18.2. The highest BCUT2D eigenvalue weighted by atomic mass is 127. The van der Waals surface area contributed by atoms with Crippen molar-refractivity contribution in [3.05, 3.63) is 0 Å². The van der Waals surface area contributed by atoms with E-state index in [0.29, 0.717) is 5.91 Å². The van der Waals surface area contributed by atoms with Gasteiger partial charge in [-0.25, -0.2) is 0 Å². The minimum Gasteiger partial charge on any atom is -0.357 e. The van der Waals surface area contributed by atoms with E-state index in [0.717, 1.165) is 63.9 Å². The van der Waals surface area contributed by atoms with Crippen molar-refractivity contribution in [3.8, 4) is 0 Å². The van der Waals surface area contributed by atoms with Crippen LogP contribution in [-0.4, -0.2) is 49.5 Å². The molecule has 1 amide bonds. The summed E-state index contributed by atoms with van der Waals surface area (Å²) in [7, 11) is 0. The van der Waals surface area contributed by atoms with Crippen molar-refractivity contribution >= 4 is 35.8 Å². The third-order valence-electron chi connectivity index (χ3n) is 5.18. The number of amides is 1. The number of likely N-dealkylation sites (tertiary alicyclic amines) is 1. The maximum atomic E-state index is 11.6. The van der Waals surface area contributed by atoms with Gasteiger partial charge in [0.2, 0.25) is 5.91 Å². The predicted octanol–water partition coefficient (Wildman–Crippen LogP) is 3.53. The van der Waals surface area contributed by atoms with Crippen molar-refractivity contribution < 1.29 is 4.79 Å². The van der Waals surface area contributed by atoms with Gasteiger partial charge in [-0.1, -0.05) is 38.5 Å². The van der Waals surface area contributed by atoms with Gasteiger partial charge in [0.05, 0.1) is 0 Å². The van der Waals surface area contributed by atoms with Crippen LogP contribution < -0.4 is 10.6 Å². The van der Waals surface area contributed by atoms with Crippen molar-refractivity contribution in [1.29, 1.82) is 0 Å². The Balaban J connectivity index is 0.00000312. The molecule has 146 valence electrons. The number of hydrogen-bond acceptors (Lipinski definition) is 2. The number of nitrogens with one attached hydrogen (secondary N) is 2. The van der Waals surface area contributed by atoms with Crippen LogP contribution in [0.2, 0.25) is 0 Å². The molecule has 5 nitrogen and oxygen atoms in total. The zero-order valence-electron chi connectivity index (χ0n) is 15.9. The molecule has 0 atom stereocenters. The maximum absolute atomic E-state index is 11.6. The van der Waals surface area contributed by atoms with Crippen LogP contribution in [0, 0.1) is 5.92 Å². The topological polar surface area (TPSA) is 56.7 Å². The lowest BCUT2D eigenvalue weighted by molar-refractivity contribution is -0.127. The second-order valence-corrected chi connectivity index (χ2v) is 7.17. The molecule has 1 aliphatic carbocycles. The highest BCUT2D eigenvalue weighted by Gasteiger charge is 2.18. The number of hydrogen-bond donors (Lipinski definition) is 2. The highest BCUT2D eigenvalue weighted by Crippen LogP contribution is 2.28. The van der Waals surface area contributed by atoms with Gasteiger partial charge >= 0.3 is 0 Å². The number of carbonyl (C=O) groups is 1. The number of halogens is 1. The number of carbonyl (C=O) groups excluding carboxylic acids is 1. The first kappa shape index (κ1) is 22.5. The van der Waals surface area contributed by atoms with Gasteiger partial charge < -0.3 is 15.5 Å². The van der Waals surface area contributed by atoms with E-state index in [1.165, 1.54) is 44.9 Å². The average molecular weight is 464 g/mol. The van der Waals surface area contributed by atoms with Crippen molar-refractivity contribution in [3.63, 3.8) is 0 Å². The minimum absolute atomic E-state index is 0. The largest absolute Gasteiger partial charge is 0.357 e. The molecule has 0 radical (unpaired) electrons. The van der Waals surface area contributed by atoms with Crippen LogP contribution >= 0.6 is 24.0 Å². The smallest absolute Gasteiger partial charge is 0.222 e. The van der Waals surface area contributed by atoms with Crippen molar-refractivity contribution in [2.24, 2.45) is 10.9 Å². The van der Waals surface area contributed by atoms with E-state index >= 15 is 0 Å². The Morgan fingerprint density at radius 3 is 2.64 bits per heavy atom. The Bertz CT molecular complexity index is 397. The Hall–Kier alpha value is -0.530. The number of unbranched alkanes of at least 4 members (excludes halogenated alkanes) is 1. The van der Waals surface area contributed by atoms with E-state index in [-0.39, 0.29) is 24.0 Å². The summed E-state index contributed by atoms with van der Waals surface area (Å²) >= 11 is 0. The molecule has 0 aromatic rings. The quantitative estimate of drug-likeness (QED) is 0.225. The van der Waals surface area contributed by atoms with Gasteiger partial charge in [0.25, 0.3) is 0 Å². The van der Waals surface area contributed by atoms with Gasteiger partial charge in [-0.2, -0.15) is 0 Å². The molecule has 2 aliphatic rings. The van der Waals surface area contributed by atoms with Crippen molar-refractivity contribution in [2.75, 3.05) is 32.7 Å². The number of rotatable bonds is 10. The molecule has 2 fully saturated rings. The van der Waals surface area contributed by atoms with Gasteiger partial charge in [-0.05, 0) is 32.1 Å². The van der Waals surface area contributed by atoms with E-state index in [9.17, 15) is 4.79 Å². The van der Waals surface area contributed by atoms with E-state index in [1.807, 2.05) is 4.90 Å². The maximum Gasteiger partial charge on any atom is 0.222 e. The molecule has 25 heavy (non-hydrogen) atoms.